The molecule has 0 aliphatic rings. The highest BCUT2D eigenvalue weighted by Gasteiger charge is 2.18. The third-order valence-electron chi connectivity index (χ3n) is 2.27. The van der Waals surface area contributed by atoms with Crippen molar-refractivity contribution in [3.8, 4) is 0 Å². The summed E-state index contributed by atoms with van der Waals surface area (Å²) in [4.78, 5) is 1.39. The van der Waals surface area contributed by atoms with Crippen molar-refractivity contribution in [1.82, 2.24) is 9.45 Å². The summed E-state index contributed by atoms with van der Waals surface area (Å²) in [7, 11) is -2.07. The number of nitrogens with zero attached hydrogens (tertiary/aromatic N) is 1. The molecule has 1 heterocycles. The Morgan fingerprint density at radius 1 is 1.33 bits per heavy atom. The molecule has 0 unspecified atom stereocenters. The van der Waals surface area contributed by atoms with Crippen LogP contribution in [0.4, 0.5) is 0 Å². The Hall–Kier alpha value is -1.37. The lowest BCUT2D eigenvalue weighted by Gasteiger charge is -1.97. The van der Waals surface area contributed by atoms with Gasteiger partial charge in [-0.2, -0.15) is 0 Å². The highest BCUT2D eigenvalue weighted by Crippen LogP contribution is 2.23. The molecule has 0 spiro atoms. The molecule has 15 heavy (non-hydrogen) atoms. The van der Waals surface area contributed by atoms with E-state index in [4.69, 9.17) is 5.21 Å². The van der Waals surface area contributed by atoms with Crippen molar-refractivity contribution in [2.24, 2.45) is 7.05 Å². The predicted molar refractivity (Wildman–Crippen MR) is 55.0 cm³/mol. The van der Waals surface area contributed by atoms with E-state index in [2.05, 4.69) is 0 Å². The monoisotopic (exact) mass is 226 g/mol. The van der Waals surface area contributed by atoms with E-state index >= 15 is 0 Å². The SMILES string of the molecule is Cn1cc(S(=O)(=O)NO)c2ccccc21. The molecular weight excluding hydrogens is 216 g/mol. The Labute approximate surface area is 87.0 Å². The first kappa shape index (κ1) is 10.2. The van der Waals surface area contributed by atoms with Crippen LogP contribution in [0.1, 0.15) is 0 Å². The zero-order valence-electron chi connectivity index (χ0n) is 8.01. The van der Waals surface area contributed by atoms with Gasteiger partial charge in [-0.1, -0.05) is 23.1 Å². The topological polar surface area (TPSA) is 71.3 Å². The zero-order valence-corrected chi connectivity index (χ0v) is 8.82. The van der Waals surface area contributed by atoms with Gasteiger partial charge in [0.2, 0.25) is 0 Å². The van der Waals surface area contributed by atoms with Gasteiger partial charge < -0.3 is 9.77 Å². The summed E-state index contributed by atoms with van der Waals surface area (Å²) >= 11 is 0. The van der Waals surface area contributed by atoms with Gasteiger partial charge >= 0.3 is 0 Å². The summed E-state index contributed by atoms with van der Waals surface area (Å²) in [5.41, 5.74) is 0.798. The molecule has 0 radical (unpaired) electrons. The van der Waals surface area contributed by atoms with E-state index in [1.54, 1.807) is 23.7 Å². The molecule has 0 aliphatic carbocycles. The molecule has 1 aromatic carbocycles. The first-order valence-corrected chi connectivity index (χ1v) is 5.74. The third kappa shape index (κ3) is 1.52. The molecule has 1 aromatic heterocycles. The predicted octanol–water partition coefficient (Wildman–Crippen LogP) is 0.846. The van der Waals surface area contributed by atoms with Gasteiger partial charge in [0.15, 0.2) is 0 Å². The van der Waals surface area contributed by atoms with Crippen LogP contribution in [-0.4, -0.2) is 18.2 Å². The number of benzene rings is 1. The Morgan fingerprint density at radius 2 is 2.00 bits per heavy atom. The molecule has 2 aromatic rings. The Bertz CT molecular complexity index is 601. The summed E-state index contributed by atoms with van der Waals surface area (Å²) < 4.78 is 24.6. The van der Waals surface area contributed by atoms with E-state index in [1.807, 2.05) is 12.1 Å². The van der Waals surface area contributed by atoms with E-state index in [9.17, 15) is 8.42 Å². The lowest BCUT2D eigenvalue weighted by molar-refractivity contribution is 0.242. The molecule has 0 atom stereocenters. The minimum atomic E-state index is -3.82. The summed E-state index contributed by atoms with van der Waals surface area (Å²) in [6.45, 7) is 0. The van der Waals surface area contributed by atoms with Crippen LogP contribution in [0.5, 0.6) is 0 Å². The van der Waals surface area contributed by atoms with Gasteiger partial charge in [-0.25, -0.2) is 8.42 Å². The maximum atomic E-state index is 11.5. The fraction of sp³-hybridized carbons (Fsp3) is 0.111. The van der Waals surface area contributed by atoms with Gasteiger partial charge in [0.05, 0.1) is 0 Å². The quantitative estimate of drug-likeness (QED) is 0.745. The van der Waals surface area contributed by atoms with Crippen molar-refractivity contribution < 1.29 is 13.6 Å². The number of aryl methyl sites for hydroxylation is 1. The standard InChI is InChI=1S/C9H10N2O3S/c1-11-6-9(15(13,14)10-12)7-4-2-3-5-8(7)11/h2-6,10,12H,1H3. The van der Waals surface area contributed by atoms with Crippen LogP contribution < -0.4 is 4.89 Å². The van der Waals surface area contributed by atoms with Crippen LogP contribution in [0.25, 0.3) is 10.9 Å². The molecule has 0 aliphatic heterocycles. The largest absolute Gasteiger partial charge is 0.349 e. The van der Waals surface area contributed by atoms with Gasteiger partial charge in [-0.3, -0.25) is 0 Å². The van der Waals surface area contributed by atoms with Crippen LogP contribution in [0.15, 0.2) is 35.4 Å². The molecule has 2 rings (SSSR count). The number of aromatic nitrogens is 1. The highest BCUT2D eigenvalue weighted by molar-refractivity contribution is 7.89. The molecule has 0 bridgehead atoms. The first-order chi connectivity index (χ1) is 7.06. The normalized spacial score (nSPS) is 12.1. The van der Waals surface area contributed by atoms with Crippen molar-refractivity contribution in [2.45, 2.75) is 4.90 Å². The Morgan fingerprint density at radius 3 is 2.67 bits per heavy atom. The van der Waals surface area contributed by atoms with Crippen molar-refractivity contribution in [3.05, 3.63) is 30.5 Å². The van der Waals surface area contributed by atoms with E-state index in [0.717, 1.165) is 5.52 Å². The molecule has 0 saturated heterocycles. The van der Waals surface area contributed by atoms with Crippen LogP contribution in [-0.2, 0) is 17.1 Å². The van der Waals surface area contributed by atoms with Crippen molar-refractivity contribution in [1.29, 1.82) is 0 Å². The maximum Gasteiger partial charge on any atom is 0.264 e. The molecule has 80 valence electrons. The Kier molecular flexibility index (Phi) is 2.26. The molecule has 5 nitrogen and oxygen atoms in total. The maximum absolute atomic E-state index is 11.5. The molecule has 0 amide bonds. The molecular formula is C9H10N2O3S. The number of hydrogen-bond donors (Lipinski definition) is 2. The smallest absolute Gasteiger partial charge is 0.264 e. The van der Waals surface area contributed by atoms with E-state index in [0.29, 0.717) is 5.39 Å². The fourth-order valence-corrected chi connectivity index (χ4v) is 2.43. The first-order valence-electron chi connectivity index (χ1n) is 4.26. The number of fused-ring (bicyclic) bond motifs is 1. The van der Waals surface area contributed by atoms with Crippen molar-refractivity contribution in [3.63, 3.8) is 0 Å². The fourth-order valence-electron chi connectivity index (χ4n) is 1.57. The third-order valence-corrected chi connectivity index (χ3v) is 3.41. The molecule has 0 saturated carbocycles. The van der Waals surface area contributed by atoms with Crippen molar-refractivity contribution >= 4 is 20.9 Å². The second kappa shape index (κ2) is 3.34. The average Bonchev–Trinajstić information content (AvgIpc) is 2.58. The summed E-state index contributed by atoms with van der Waals surface area (Å²) in [6.07, 6.45) is 1.46. The van der Waals surface area contributed by atoms with Gasteiger partial charge in [0, 0.05) is 24.1 Å². The summed E-state index contributed by atoms with van der Waals surface area (Å²) in [6, 6.07) is 7.08. The number of rotatable bonds is 2. The highest BCUT2D eigenvalue weighted by atomic mass is 32.2. The van der Waals surface area contributed by atoms with Crippen LogP contribution in [0.3, 0.4) is 0 Å². The molecule has 2 N–H and O–H groups in total. The van der Waals surface area contributed by atoms with Crippen LogP contribution in [0.2, 0.25) is 0 Å². The zero-order chi connectivity index (χ0) is 11.1. The van der Waals surface area contributed by atoms with Gasteiger partial charge in [-0.15, -0.1) is 0 Å². The van der Waals surface area contributed by atoms with E-state index in [1.165, 1.54) is 11.1 Å². The van der Waals surface area contributed by atoms with Gasteiger partial charge in [0.25, 0.3) is 10.0 Å². The van der Waals surface area contributed by atoms with Crippen LogP contribution >= 0.6 is 0 Å². The van der Waals surface area contributed by atoms with Gasteiger partial charge in [-0.05, 0) is 6.07 Å². The second-order valence-corrected chi connectivity index (χ2v) is 4.85. The minimum absolute atomic E-state index is 0.0723. The van der Waals surface area contributed by atoms with E-state index < -0.39 is 10.0 Å². The minimum Gasteiger partial charge on any atom is -0.349 e. The second-order valence-electron chi connectivity index (χ2n) is 3.22. The molecule has 6 heteroatoms. The van der Waals surface area contributed by atoms with E-state index in [-0.39, 0.29) is 4.90 Å². The number of nitrogens with one attached hydrogen (secondary N) is 1. The lowest BCUT2D eigenvalue weighted by Crippen LogP contribution is -2.18. The summed E-state index contributed by atoms with van der Waals surface area (Å²) in [5.74, 6) is 0. The summed E-state index contributed by atoms with van der Waals surface area (Å²) in [5, 5.41) is 9.15. The lowest BCUT2D eigenvalue weighted by atomic mass is 10.2. The van der Waals surface area contributed by atoms with Crippen molar-refractivity contribution in [2.75, 3.05) is 0 Å². The number of para-hydroxylation sites is 1. The average molecular weight is 226 g/mol. The number of hydrogen-bond acceptors (Lipinski definition) is 3. The Balaban J connectivity index is 2.84. The molecule has 0 fully saturated rings. The number of sulfonamides is 1. The van der Waals surface area contributed by atoms with Gasteiger partial charge in [0.1, 0.15) is 4.90 Å². The van der Waals surface area contributed by atoms with Crippen LogP contribution in [0, 0.1) is 0 Å².